The van der Waals surface area contributed by atoms with Gasteiger partial charge in [0.2, 0.25) is 0 Å². The lowest BCUT2D eigenvalue weighted by atomic mass is 10.1. The first-order valence-corrected chi connectivity index (χ1v) is 6.74. The maximum absolute atomic E-state index is 11.8. The standard InChI is InChI=1S/C17H19NO2/c1-13(15-5-3-2-4-6-15)20-17(19)12-9-14-7-10-16(18)11-8-14/h2-8,10-11,13H,9,12,18H2,1H3. The molecule has 0 aliphatic carbocycles. The van der Waals surface area contributed by atoms with Crippen LogP contribution in [0.15, 0.2) is 54.6 Å². The maximum atomic E-state index is 11.8. The van der Waals surface area contributed by atoms with Crippen molar-refractivity contribution in [3.8, 4) is 0 Å². The van der Waals surface area contributed by atoms with Crippen LogP contribution in [0.1, 0.15) is 30.6 Å². The van der Waals surface area contributed by atoms with Gasteiger partial charge in [-0.1, -0.05) is 42.5 Å². The molecule has 104 valence electrons. The first-order valence-electron chi connectivity index (χ1n) is 6.74. The minimum Gasteiger partial charge on any atom is -0.458 e. The van der Waals surface area contributed by atoms with Crippen LogP contribution in [0, 0.1) is 0 Å². The second-order valence-corrected chi connectivity index (χ2v) is 4.78. The SMILES string of the molecule is CC(OC(=O)CCc1ccc(N)cc1)c1ccccc1. The van der Waals surface area contributed by atoms with Crippen molar-refractivity contribution in [3.05, 3.63) is 65.7 Å². The lowest BCUT2D eigenvalue weighted by Crippen LogP contribution is -2.09. The Kier molecular flexibility index (Phi) is 4.77. The number of esters is 1. The third-order valence-corrected chi connectivity index (χ3v) is 3.17. The van der Waals surface area contributed by atoms with E-state index in [1.165, 1.54) is 0 Å². The van der Waals surface area contributed by atoms with Crippen molar-refractivity contribution in [2.24, 2.45) is 0 Å². The van der Waals surface area contributed by atoms with Crippen molar-refractivity contribution in [2.45, 2.75) is 25.9 Å². The Morgan fingerprint density at radius 1 is 1.10 bits per heavy atom. The lowest BCUT2D eigenvalue weighted by molar-refractivity contribution is -0.148. The Morgan fingerprint density at radius 2 is 1.75 bits per heavy atom. The molecule has 0 aliphatic rings. The van der Waals surface area contributed by atoms with Gasteiger partial charge < -0.3 is 10.5 Å². The number of carbonyl (C=O) groups is 1. The van der Waals surface area contributed by atoms with Crippen molar-refractivity contribution >= 4 is 11.7 Å². The molecule has 0 amide bonds. The molecule has 0 fully saturated rings. The van der Waals surface area contributed by atoms with Gasteiger partial charge in [0.05, 0.1) is 0 Å². The van der Waals surface area contributed by atoms with Crippen LogP contribution in [0.5, 0.6) is 0 Å². The molecule has 0 spiro atoms. The third-order valence-electron chi connectivity index (χ3n) is 3.17. The summed E-state index contributed by atoms with van der Waals surface area (Å²) in [5.74, 6) is -0.182. The molecule has 0 saturated heterocycles. The molecule has 0 aromatic heterocycles. The van der Waals surface area contributed by atoms with Gasteiger partial charge in [-0.25, -0.2) is 0 Å². The number of nitrogens with two attached hydrogens (primary N) is 1. The number of rotatable bonds is 5. The number of hydrogen-bond donors (Lipinski definition) is 1. The van der Waals surface area contributed by atoms with E-state index in [0.29, 0.717) is 12.8 Å². The normalized spacial score (nSPS) is 11.8. The van der Waals surface area contributed by atoms with Gasteiger partial charge in [0.25, 0.3) is 0 Å². The highest BCUT2D eigenvalue weighted by Crippen LogP contribution is 2.17. The molecule has 2 aromatic rings. The second-order valence-electron chi connectivity index (χ2n) is 4.78. The van der Waals surface area contributed by atoms with Crippen LogP contribution < -0.4 is 5.73 Å². The summed E-state index contributed by atoms with van der Waals surface area (Å²) >= 11 is 0. The Morgan fingerprint density at radius 3 is 2.40 bits per heavy atom. The number of anilines is 1. The highest BCUT2D eigenvalue weighted by molar-refractivity contribution is 5.70. The molecule has 2 rings (SSSR count). The monoisotopic (exact) mass is 269 g/mol. The summed E-state index contributed by atoms with van der Waals surface area (Å²) in [5, 5.41) is 0. The Labute approximate surface area is 119 Å². The van der Waals surface area contributed by atoms with Crippen LogP contribution in [0.25, 0.3) is 0 Å². The van der Waals surface area contributed by atoms with Gasteiger partial charge in [-0.05, 0) is 36.6 Å². The largest absolute Gasteiger partial charge is 0.458 e. The van der Waals surface area contributed by atoms with E-state index < -0.39 is 0 Å². The average Bonchev–Trinajstić information content (AvgIpc) is 2.47. The number of benzene rings is 2. The molecular formula is C17H19NO2. The summed E-state index contributed by atoms with van der Waals surface area (Å²) in [4.78, 5) is 11.8. The summed E-state index contributed by atoms with van der Waals surface area (Å²) in [7, 11) is 0. The van der Waals surface area contributed by atoms with Crippen molar-refractivity contribution in [3.63, 3.8) is 0 Å². The van der Waals surface area contributed by atoms with Gasteiger partial charge in [-0.2, -0.15) is 0 Å². The minimum absolute atomic E-state index is 0.182. The molecule has 3 heteroatoms. The summed E-state index contributed by atoms with van der Waals surface area (Å²) in [6.07, 6.45) is 0.831. The Hall–Kier alpha value is -2.29. The zero-order chi connectivity index (χ0) is 14.4. The highest BCUT2D eigenvalue weighted by Gasteiger charge is 2.11. The van der Waals surface area contributed by atoms with Gasteiger partial charge >= 0.3 is 5.97 Å². The zero-order valence-electron chi connectivity index (χ0n) is 11.6. The van der Waals surface area contributed by atoms with Crippen molar-refractivity contribution in [1.82, 2.24) is 0 Å². The van der Waals surface area contributed by atoms with Crippen LogP contribution in [0.2, 0.25) is 0 Å². The minimum atomic E-state index is -0.213. The van der Waals surface area contributed by atoms with Crippen LogP contribution in [-0.2, 0) is 16.0 Å². The molecule has 2 N–H and O–H groups in total. The first kappa shape index (κ1) is 14.1. The summed E-state index contributed by atoms with van der Waals surface area (Å²) in [6, 6.07) is 17.3. The van der Waals surface area contributed by atoms with E-state index in [4.69, 9.17) is 10.5 Å². The lowest BCUT2D eigenvalue weighted by Gasteiger charge is -2.13. The summed E-state index contributed by atoms with van der Waals surface area (Å²) in [6.45, 7) is 1.89. The highest BCUT2D eigenvalue weighted by atomic mass is 16.5. The van der Waals surface area contributed by atoms with E-state index in [0.717, 1.165) is 16.8 Å². The smallest absolute Gasteiger partial charge is 0.306 e. The fourth-order valence-corrected chi connectivity index (χ4v) is 1.98. The van der Waals surface area contributed by atoms with E-state index in [1.54, 1.807) is 0 Å². The molecule has 1 atom stereocenters. The van der Waals surface area contributed by atoms with E-state index in [9.17, 15) is 4.79 Å². The molecule has 1 unspecified atom stereocenters. The molecule has 0 bridgehead atoms. The number of aryl methyl sites for hydroxylation is 1. The molecule has 0 aliphatic heterocycles. The van der Waals surface area contributed by atoms with E-state index in [2.05, 4.69) is 0 Å². The van der Waals surface area contributed by atoms with Crippen LogP contribution in [-0.4, -0.2) is 5.97 Å². The predicted molar refractivity (Wildman–Crippen MR) is 80.1 cm³/mol. The molecule has 3 nitrogen and oxygen atoms in total. The van der Waals surface area contributed by atoms with Gasteiger partial charge in [-0.3, -0.25) is 4.79 Å². The molecule has 20 heavy (non-hydrogen) atoms. The summed E-state index contributed by atoms with van der Waals surface area (Å²) < 4.78 is 5.42. The second kappa shape index (κ2) is 6.75. The number of nitrogen functional groups attached to an aromatic ring is 1. The van der Waals surface area contributed by atoms with Gasteiger partial charge in [-0.15, -0.1) is 0 Å². The van der Waals surface area contributed by atoms with Crippen molar-refractivity contribution in [2.75, 3.05) is 5.73 Å². The fraction of sp³-hybridized carbons (Fsp3) is 0.235. The molecule has 0 saturated carbocycles. The van der Waals surface area contributed by atoms with Gasteiger partial charge in [0.1, 0.15) is 6.10 Å². The first-order chi connectivity index (χ1) is 9.65. The zero-order valence-corrected chi connectivity index (χ0v) is 11.6. The van der Waals surface area contributed by atoms with Gasteiger partial charge in [0.15, 0.2) is 0 Å². The third kappa shape index (κ3) is 4.12. The van der Waals surface area contributed by atoms with Crippen LogP contribution in [0.4, 0.5) is 5.69 Å². The number of hydrogen-bond acceptors (Lipinski definition) is 3. The topological polar surface area (TPSA) is 52.3 Å². The van der Waals surface area contributed by atoms with E-state index in [1.807, 2.05) is 61.5 Å². The number of ether oxygens (including phenoxy) is 1. The van der Waals surface area contributed by atoms with E-state index >= 15 is 0 Å². The van der Waals surface area contributed by atoms with Crippen molar-refractivity contribution in [1.29, 1.82) is 0 Å². The van der Waals surface area contributed by atoms with Gasteiger partial charge in [0, 0.05) is 12.1 Å². The van der Waals surface area contributed by atoms with E-state index in [-0.39, 0.29) is 12.1 Å². The molecule has 0 heterocycles. The van der Waals surface area contributed by atoms with Crippen LogP contribution in [0.3, 0.4) is 0 Å². The molecule has 0 radical (unpaired) electrons. The quantitative estimate of drug-likeness (QED) is 0.667. The Bertz CT molecular complexity index is 549. The summed E-state index contributed by atoms with van der Waals surface area (Å²) in [5.41, 5.74) is 8.45. The Balaban J connectivity index is 1.82. The molecular weight excluding hydrogens is 250 g/mol. The average molecular weight is 269 g/mol. The predicted octanol–water partition coefficient (Wildman–Crippen LogP) is 3.51. The van der Waals surface area contributed by atoms with Crippen LogP contribution >= 0.6 is 0 Å². The van der Waals surface area contributed by atoms with Crippen molar-refractivity contribution < 1.29 is 9.53 Å². The maximum Gasteiger partial charge on any atom is 0.306 e. The molecule has 2 aromatic carbocycles. The number of carbonyl (C=O) groups excluding carboxylic acids is 1. The fourth-order valence-electron chi connectivity index (χ4n) is 1.98.